The molecule has 1 aromatic heterocycles. The number of carbonyl (C=O) groups is 1. The molecule has 0 spiro atoms. The number of hydrogen-bond acceptors (Lipinski definition) is 2. The summed E-state index contributed by atoms with van der Waals surface area (Å²) in [6.07, 6.45) is 0.664. The molecule has 124 valence electrons. The number of aliphatic hydroxyl groups excluding tert-OH is 1. The SMILES string of the molecule is Cc1ccc2c(c1)c(C(=O)c1ccccc1)c(C)n2C(C)CCO. The number of aryl methyl sites for hydroxylation is 1. The second-order valence-electron chi connectivity index (χ2n) is 6.41. The molecular weight excluding hydrogens is 298 g/mol. The van der Waals surface area contributed by atoms with Crippen molar-refractivity contribution in [2.45, 2.75) is 33.2 Å². The van der Waals surface area contributed by atoms with Crippen molar-refractivity contribution in [3.63, 3.8) is 0 Å². The summed E-state index contributed by atoms with van der Waals surface area (Å²) in [7, 11) is 0. The zero-order valence-electron chi connectivity index (χ0n) is 14.4. The first-order chi connectivity index (χ1) is 11.5. The van der Waals surface area contributed by atoms with Gasteiger partial charge in [0.05, 0.1) is 5.56 Å². The molecule has 24 heavy (non-hydrogen) atoms. The summed E-state index contributed by atoms with van der Waals surface area (Å²) in [5.74, 6) is 0.0543. The molecular formula is C21H23NO2. The van der Waals surface area contributed by atoms with E-state index in [1.807, 2.05) is 44.2 Å². The zero-order chi connectivity index (χ0) is 17.3. The maximum atomic E-state index is 13.1. The van der Waals surface area contributed by atoms with E-state index >= 15 is 0 Å². The van der Waals surface area contributed by atoms with Crippen LogP contribution < -0.4 is 0 Å². The molecule has 0 aliphatic heterocycles. The first kappa shape index (κ1) is 16.5. The van der Waals surface area contributed by atoms with Crippen molar-refractivity contribution in [3.05, 3.63) is 70.9 Å². The number of rotatable bonds is 5. The highest BCUT2D eigenvalue weighted by Gasteiger charge is 2.23. The number of aliphatic hydroxyl groups is 1. The van der Waals surface area contributed by atoms with Gasteiger partial charge < -0.3 is 9.67 Å². The van der Waals surface area contributed by atoms with Crippen molar-refractivity contribution in [2.24, 2.45) is 0 Å². The minimum absolute atomic E-state index is 0.0543. The van der Waals surface area contributed by atoms with Crippen molar-refractivity contribution in [2.75, 3.05) is 6.61 Å². The Labute approximate surface area is 142 Å². The highest BCUT2D eigenvalue weighted by molar-refractivity contribution is 6.17. The van der Waals surface area contributed by atoms with Crippen LogP contribution in [0.4, 0.5) is 0 Å². The lowest BCUT2D eigenvalue weighted by Gasteiger charge is -2.16. The van der Waals surface area contributed by atoms with Crippen LogP contribution in [0.5, 0.6) is 0 Å². The Hall–Kier alpha value is -2.39. The minimum Gasteiger partial charge on any atom is -0.396 e. The third kappa shape index (κ3) is 2.76. The summed E-state index contributed by atoms with van der Waals surface area (Å²) < 4.78 is 2.18. The Balaban J connectivity index is 2.25. The molecule has 0 bridgehead atoms. The predicted octanol–water partition coefficient (Wildman–Crippen LogP) is 4.43. The first-order valence-corrected chi connectivity index (χ1v) is 8.36. The quantitative estimate of drug-likeness (QED) is 0.706. The normalized spacial score (nSPS) is 12.5. The van der Waals surface area contributed by atoms with E-state index in [0.29, 0.717) is 12.0 Å². The van der Waals surface area contributed by atoms with Gasteiger partial charge in [0.2, 0.25) is 0 Å². The molecule has 3 nitrogen and oxygen atoms in total. The monoisotopic (exact) mass is 321 g/mol. The Kier molecular flexibility index (Phi) is 4.54. The van der Waals surface area contributed by atoms with Gasteiger partial charge in [-0.15, -0.1) is 0 Å². The summed E-state index contributed by atoms with van der Waals surface area (Å²) >= 11 is 0. The van der Waals surface area contributed by atoms with Gasteiger partial charge in [0.15, 0.2) is 5.78 Å². The number of carbonyl (C=O) groups excluding carboxylic acids is 1. The van der Waals surface area contributed by atoms with Gasteiger partial charge in [-0.25, -0.2) is 0 Å². The number of hydrogen-bond donors (Lipinski definition) is 1. The Bertz CT molecular complexity index is 878. The van der Waals surface area contributed by atoms with Gasteiger partial charge in [-0.3, -0.25) is 4.79 Å². The number of benzene rings is 2. The average molecular weight is 321 g/mol. The second kappa shape index (κ2) is 6.62. The maximum Gasteiger partial charge on any atom is 0.195 e. The van der Waals surface area contributed by atoms with E-state index in [0.717, 1.165) is 27.7 Å². The number of nitrogens with zero attached hydrogens (tertiary/aromatic N) is 1. The highest BCUT2D eigenvalue weighted by atomic mass is 16.3. The summed E-state index contributed by atoms with van der Waals surface area (Å²) in [5, 5.41) is 10.3. The maximum absolute atomic E-state index is 13.1. The number of ketones is 1. The van der Waals surface area contributed by atoms with Crippen molar-refractivity contribution in [1.29, 1.82) is 0 Å². The molecule has 1 atom stereocenters. The summed E-state index contributed by atoms with van der Waals surface area (Å²) in [5.41, 5.74) is 4.63. The van der Waals surface area contributed by atoms with Crippen LogP contribution in [-0.2, 0) is 0 Å². The largest absolute Gasteiger partial charge is 0.396 e. The first-order valence-electron chi connectivity index (χ1n) is 8.36. The molecule has 0 amide bonds. The molecule has 1 unspecified atom stereocenters. The van der Waals surface area contributed by atoms with Crippen molar-refractivity contribution in [3.8, 4) is 0 Å². The molecule has 0 radical (unpaired) electrons. The molecule has 0 saturated carbocycles. The van der Waals surface area contributed by atoms with Crippen LogP contribution in [0, 0.1) is 13.8 Å². The lowest BCUT2D eigenvalue weighted by atomic mass is 10.00. The van der Waals surface area contributed by atoms with E-state index < -0.39 is 0 Å². The fourth-order valence-electron chi connectivity index (χ4n) is 3.46. The van der Waals surface area contributed by atoms with Crippen molar-refractivity contribution >= 4 is 16.7 Å². The van der Waals surface area contributed by atoms with Gasteiger partial charge in [-0.05, 0) is 39.3 Å². The third-order valence-electron chi connectivity index (χ3n) is 4.65. The fourth-order valence-corrected chi connectivity index (χ4v) is 3.46. The molecule has 1 N–H and O–H groups in total. The van der Waals surface area contributed by atoms with Gasteiger partial charge >= 0.3 is 0 Å². The molecule has 0 saturated heterocycles. The van der Waals surface area contributed by atoms with Crippen molar-refractivity contribution in [1.82, 2.24) is 4.57 Å². The van der Waals surface area contributed by atoms with E-state index in [1.54, 1.807) is 0 Å². The third-order valence-corrected chi connectivity index (χ3v) is 4.65. The van der Waals surface area contributed by atoms with E-state index in [9.17, 15) is 9.90 Å². The van der Waals surface area contributed by atoms with E-state index in [-0.39, 0.29) is 18.4 Å². The van der Waals surface area contributed by atoms with Crippen LogP contribution >= 0.6 is 0 Å². The number of fused-ring (bicyclic) bond motifs is 1. The van der Waals surface area contributed by atoms with Crippen LogP contribution in [-0.4, -0.2) is 22.1 Å². The Morgan fingerprint density at radius 1 is 1.12 bits per heavy atom. The van der Waals surface area contributed by atoms with Crippen LogP contribution in [0.25, 0.3) is 10.9 Å². The molecule has 2 aromatic carbocycles. The molecule has 0 fully saturated rings. The summed E-state index contributed by atoms with van der Waals surface area (Å²) in [6.45, 7) is 6.26. The van der Waals surface area contributed by atoms with Crippen LogP contribution in [0.2, 0.25) is 0 Å². The van der Waals surface area contributed by atoms with Gasteiger partial charge in [-0.2, -0.15) is 0 Å². The molecule has 3 heteroatoms. The molecule has 3 aromatic rings. The average Bonchev–Trinajstić information content (AvgIpc) is 2.86. The van der Waals surface area contributed by atoms with Gasteiger partial charge in [0.25, 0.3) is 0 Å². The topological polar surface area (TPSA) is 42.2 Å². The standard InChI is InChI=1S/C21H23NO2/c1-14-9-10-19-18(13-14)20(16(3)22(19)15(2)11-12-23)21(24)17-7-5-4-6-8-17/h4-10,13,15,23H,11-12H2,1-3H3. The van der Waals surface area contributed by atoms with E-state index in [4.69, 9.17) is 0 Å². The summed E-state index contributed by atoms with van der Waals surface area (Å²) in [6, 6.07) is 15.8. The van der Waals surface area contributed by atoms with Crippen LogP contribution in [0.15, 0.2) is 48.5 Å². The molecule has 0 aliphatic carbocycles. The van der Waals surface area contributed by atoms with Gasteiger partial charge in [0, 0.05) is 34.8 Å². The Morgan fingerprint density at radius 2 is 1.83 bits per heavy atom. The molecule has 1 heterocycles. The van der Waals surface area contributed by atoms with Gasteiger partial charge in [0.1, 0.15) is 0 Å². The molecule has 3 rings (SSSR count). The van der Waals surface area contributed by atoms with E-state index in [2.05, 4.69) is 29.7 Å². The lowest BCUT2D eigenvalue weighted by Crippen LogP contribution is -2.10. The lowest BCUT2D eigenvalue weighted by molar-refractivity contribution is 0.103. The Morgan fingerprint density at radius 3 is 2.50 bits per heavy atom. The highest BCUT2D eigenvalue weighted by Crippen LogP contribution is 2.32. The number of aromatic nitrogens is 1. The molecule has 0 aliphatic rings. The smallest absolute Gasteiger partial charge is 0.195 e. The second-order valence-corrected chi connectivity index (χ2v) is 6.41. The van der Waals surface area contributed by atoms with Crippen LogP contribution in [0.3, 0.4) is 0 Å². The van der Waals surface area contributed by atoms with E-state index in [1.165, 1.54) is 0 Å². The van der Waals surface area contributed by atoms with Gasteiger partial charge in [-0.1, -0.05) is 42.0 Å². The zero-order valence-corrected chi connectivity index (χ0v) is 14.4. The minimum atomic E-state index is 0.0543. The van der Waals surface area contributed by atoms with Crippen molar-refractivity contribution < 1.29 is 9.90 Å². The summed E-state index contributed by atoms with van der Waals surface area (Å²) in [4.78, 5) is 13.1. The fraction of sp³-hybridized carbons (Fsp3) is 0.286. The van der Waals surface area contributed by atoms with Crippen LogP contribution in [0.1, 0.15) is 46.6 Å². The predicted molar refractivity (Wildman–Crippen MR) is 97.7 cm³/mol.